The summed E-state index contributed by atoms with van der Waals surface area (Å²) in [5.74, 6) is -0.773. The van der Waals surface area contributed by atoms with Gasteiger partial charge in [-0.15, -0.1) is 0 Å². The summed E-state index contributed by atoms with van der Waals surface area (Å²) >= 11 is 0. The van der Waals surface area contributed by atoms with E-state index in [4.69, 9.17) is 37.0 Å². The molecular formula is C37H42N2O20P4. The molecule has 2 aromatic heterocycles. The number of aliphatic hydroxyl groups is 2. The number of ether oxygens (including phenoxy) is 4. The van der Waals surface area contributed by atoms with E-state index in [0.717, 1.165) is 19.8 Å². The molecule has 2 saturated heterocycles. The lowest BCUT2D eigenvalue weighted by atomic mass is 10.2. The Balaban J connectivity index is 0.000000215. The molecule has 0 radical (unpaired) electrons. The van der Waals surface area contributed by atoms with Crippen LogP contribution in [0.2, 0.25) is 0 Å². The highest BCUT2D eigenvalue weighted by atomic mass is 31.2. The first-order chi connectivity index (χ1) is 29.6. The number of pyridine rings is 2. The van der Waals surface area contributed by atoms with Crippen molar-refractivity contribution in [2.45, 2.75) is 74.3 Å². The summed E-state index contributed by atoms with van der Waals surface area (Å²) in [6.45, 7) is 1.14. The number of nitrogens with zero attached hydrogens (tertiary/aromatic N) is 2. The van der Waals surface area contributed by atoms with Gasteiger partial charge in [0.1, 0.15) is 23.4 Å². The predicted molar refractivity (Wildman–Crippen MR) is 215 cm³/mol. The molecule has 1 saturated carbocycles. The lowest BCUT2D eigenvalue weighted by Gasteiger charge is -2.41. The van der Waals surface area contributed by atoms with Crippen LogP contribution in [-0.2, 0) is 58.7 Å². The van der Waals surface area contributed by atoms with Crippen LogP contribution in [-0.4, -0.2) is 75.3 Å². The van der Waals surface area contributed by atoms with Gasteiger partial charge in [0.05, 0.1) is 18.2 Å². The molecule has 3 aliphatic rings. The molecule has 63 heavy (non-hydrogen) atoms. The minimum atomic E-state index is -5.24. The molecule has 4 atom stereocenters. The van der Waals surface area contributed by atoms with Gasteiger partial charge in [-0.2, -0.15) is 0 Å². The summed E-state index contributed by atoms with van der Waals surface area (Å²) < 4.78 is 92.6. The molecule has 0 bridgehead atoms. The lowest BCUT2D eigenvalue weighted by molar-refractivity contribution is -0.132. The Morgan fingerprint density at radius 3 is 1.62 bits per heavy atom. The molecule has 0 spiro atoms. The average Bonchev–Trinajstić information content (AvgIpc) is 3.73. The first-order valence-electron chi connectivity index (χ1n) is 18.7. The van der Waals surface area contributed by atoms with Gasteiger partial charge in [-0.25, -0.2) is 4.79 Å². The maximum atomic E-state index is 13.1. The highest BCUT2D eigenvalue weighted by Gasteiger charge is 2.68. The third-order valence-electron chi connectivity index (χ3n) is 9.75. The molecule has 26 heteroatoms. The van der Waals surface area contributed by atoms with E-state index in [2.05, 4.69) is 9.97 Å². The van der Waals surface area contributed by atoms with Crippen LogP contribution >= 0.6 is 30.4 Å². The fourth-order valence-electron chi connectivity index (χ4n) is 6.50. The monoisotopic (exact) mass is 958 g/mol. The molecule has 4 aromatic rings. The second-order valence-corrected chi connectivity index (χ2v) is 22.9. The molecular weight excluding hydrogens is 916 g/mol. The molecule has 4 heterocycles. The SMILES string of the molecule is CC(=O)Oc1ccccc1C1OP(=O)(O)C(O)(Cc2cccnc2)P(=O)(O)O1.COc1ccc(OC(=O)OC2CCCC2)c(C2OP(=O)(O)C(O)(Cc3cccnc3)P(=O)(O)O2)c1. The van der Waals surface area contributed by atoms with Crippen LogP contribution < -0.4 is 14.2 Å². The number of hydrogen-bond acceptors (Lipinski definition) is 18. The Labute approximate surface area is 358 Å². The largest absolute Gasteiger partial charge is 0.514 e. The van der Waals surface area contributed by atoms with E-state index in [1.807, 2.05) is 0 Å². The van der Waals surface area contributed by atoms with Gasteiger partial charge in [-0.05, 0) is 73.2 Å². The van der Waals surface area contributed by atoms with Gasteiger partial charge < -0.3 is 48.7 Å². The zero-order valence-corrected chi connectivity index (χ0v) is 36.8. The Bertz CT molecular complexity index is 2440. The van der Waals surface area contributed by atoms with Crippen LogP contribution in [0.1, 0.15) is 67.4 Å². The van der Waals surface area contributed by atoms with E-state index in [0.29, 0.717) is 12.8 Å². The van der Waals surface area contributed by atoms with E-state index in [9.17, 15) is 57.6 Å². The summed E-state index contributed by atoms with van der Waals surface area (Å²) in [4.78, 5) is 73.0. The number of carbonyl (C=O) groups is 2. The van der Waals surface area contributed by atoms with Gasteiger partial charge in [0, 0.05) is 44.6 Å². The van der Waals surface area contributed by atoms with Crippen molar-refractivity contribution in [1.29, 1.82) is 0 Å². The van der Waals surface area contributed by atoms with Crippen molar-refractivity contribution in [3.63, 3.8) is 0 Å². The molecule has 1 aliphatic carbocycles. The Morgan fingerprint density at radius 2 is 1.16 bits per heavy atom. The number of carbonyl (C=O) groups excluding carboxylic acids is 2. The fourth-order valence-corrected chi connectivity index (χ4v) is 13.6. The van der Waals surface area contributed by atoms with Crippen molar-refractivity contribution in [2.24, 2.45) is 0 Å². The van der Waals surface area contributed by atoms with Gasteiger partial charge in [0.2, 0.25) is 12.6 Å². The standard InChI is InChI=1S/C21H25NO11P2.C16H17NO9P2/c1-29-16-8-9-18(31-20(23)30-15-6-2-3-7-15)17(11-16)19-32-34(25,26)21(24,35(27,28)33-19)12-14-5-4-10-22-13-14;1-11(18)24-14-7-3-2-6-13(14)15-25-27(20,21)16(19,28(22,23)26-15)9-12-5-4-8-17-10-12/h4-5,8-11,13,15,19,24H,2-3,6-7,12H2,1H3,(H,25,26)(H,27,28);2-8,10,15,19H,9H2,1H3,(H,20,21)(H,22,23). The highest BCUT2D eigenvalue weighted by Crippen LogP contribution is 2.80. The molecule has 2 aromatic carbocycles. The lowest BCUT2D eigenvalue weighted by Crippen LogP contribution is -2.38. The molecule has 340 valence electrons. The first kappa shape index (κ1) is 48.3. The summed E-state index contributed by atoms with van der Waals surface area (Å²) in [5, 5.41) is 15.3. The number of benzene rings is 2. The van der Waals surface area contributed by atoms with Gasteiger partial charge >= 0.3 is 42.5 Å². The normalized spacial score (nSPS) is 31.8. The van der Waals surface area contributed by atoms with E-state index in [-0.39, 0.29) is 45.6 Å². The number of aromatic nitrogens is 2. The summed E-state index contributed by atoms with van der Waals surface area (Å²) in [7, 11) is -19.4. The van der Waals surface area contributed by atoms with E-state index in [1.54, 1.807) is 0 Å². The van der Waals surface area contributed by atoms with Crippen LogP contribution in [0.4, 0.5) is 4.79 Å². The van der Waals surface area contributed by atoms with E-state index >= 15 is 0 Å². The molecule has 0 amide bonds. The molecule has 6 N–H and O–H groups in total. The maximum Gasteiger partial charge on any atom is 0.514 e. The number of para-hydroxylation sites is 1. The van der Waals surface area contributed by atoms with Crippen LogP contribution in [0.25, 0.3) is 0 Å². The predicted octanol–water partition coefficient (Wildman–Crippen LogP) is 6.17. The average molecular weight is 959 g/mol. The second kappa shape index (κ2) is 19.1. The van der Waals surface area contributed by atoms with Crippen molar-refractivity contribution in [3.8, 4) is 17.2 Å². The third-order valence-corrected chi connectivity index (χ3v) is 18.9. The van der Waals surface area contributed by atoms with Gasteiger partial charge in [0.15, 0.2) is 0 Å². The summed E-state index contributed by atoms with van der Waals surface area (Å²) in [6.07, 6.45) is 2.10. The zero-order chi connectivity index (χ0) is 45.8. The molecule has 2 aliphatic heterocycles. The second-order valence-electron chi connectivity index (χ2n) is 14.2. The van der Waals surface area contributed by atoms with Crippen LogP contribution in [0, 0.1) is 0 Å². The van der Waals surface area contributed by atoms with Crippen LogP contribution in [0.3, 0.4) is 0 Å². The number of rotatable bonds is 10. The van der Waals surface area contributed by atoms with E-state index < -0.39 is 78.1 Å². The van der Waals surface area contributed by atoms with Crippen molar-refractivity contribution in [2.75, 3.05) is 7.11 Å². The van der Waals surface area contributed by atoms with Crippen LogP contribution in [0.15, 0.2) is 91.5 Å². The van der Waals surface area contributed by atoms with Gasteiger partial charge in [-0.3, -0.25) is 51.1 Å². The quantitative estimate of drug-likeness (QED) is 0.0448. The molecule has 22 nitrogen and oxygen atoms in total. The number of methoxy groups -OCH3 is 1. The first-order valence-corrected chi connectivity index (χ1v) is 25.0. The summed E-state index contributed by atoms with van der Waals surface area (Å²) in [6, 6.07) is 15.5. The minimum absolute atomic E-state index is 0.0651. The molecule has 4 unspecified atom stereocenters. The van der Waals surface area contributed by atoms with E-state index in [1.165, 1.54) is 98.6 Å². The van der Waals surface area contributed by atoms with Crippen molar-refractivity contribution in [3.05, 3.63) is 114 Å². The smallest absolute Gasteiger partial charge is 0.497 e. The van der Waals surface area contributed by atoms with Crippen LogP contribution in [0.5, 0.6) is 17.2 Å². The Morgan fingerprint density at radius 1 is 0.683 bits per heavy atom. The third kappa shape index (κ3) is 10.5. The summed E-state index contributed by atoms with van der Waals surface area (Å²) in [5.41, 5.74) is 0.160. The van der Waals surface area contributed by atoms with Crippen molar-refractivity contribution in [1.82, 2.24) is 9.97 Å². The highest BCUT2D eigenvalue weighted by molar-refractivity contribution is 7.73. The topological polar surface area (TPSA) is 323 Å². The maximum absolute atomic E-state index is 13.1. The fraction of sp³-hybridized carbons (Fsp3) is 0.351. The van der Waals surface area contributed by atoms with Crippen molar-refractivity contribution < 1.29 is 94.7 Å². The molecule has 7 rings (SSSR count). The van der Waals surface area contributed by atoms with Gasteiger partial charge in [0.25, 0.3) is 10.2 Å². The molecule has 3 fully saturated rings. The van der Waals surface area contributed by atoms with Crippen molar-refractivity contribution >= 4 is 42.5 Å². The number of hydrogen-bond donors (Lipinski definition) is 6. The zero-order valence-electron chi connectivity index (χ0n) is 33.2. The Hall–Kier alpha value is -4.20. The Kier molecular flexibility index (Phi) is 14.6. The minimum Gasteiger partial charge on any atom is -0.497 e. The van der Waals surface area contributed by atoms with Gasteiger partial charge in [-0.1, -0.05) is 30.3 Å². The number of esters is 1.